The van der Waals surface area contributed by atoms with Crippen LogP contribution in [0, 0.1) is 0 Å². The Hall–Kier alpha value is -1.40. The van der Waals surface area contributed by atoms with E-state index in [1.807, 2.05) is 11.4 Å². The molecule has 0 aromatic carbocycles. The van der Waals surface area contributed by atoms with Crippen LogP contribution in [0.25, 0.3) is 0 Å². The lowest BCUT2D eigenvalue weighted by atomic mass is 10.0. The summed E-state index contributed by atoms with van der Waals surface area (Å²) >= 11 is 1.43. The molecule has 1 atom stereocenters. The summed E-state index contributed by atoms with van der Waals surface area (Å²) in [7, 11) is 0. The van der Waals surface area contributed by atoms with E-state index in [4.69, 9.17) is 0 Å². The van der Waals surface area contributed by atoms with E-state index in [2.05, 4.69) is 16.0 Å². The van der Waals surface area contributed by atoms with Crippen LogP contribution < -0.4 is 16.0 Å². The van der Waals surface area contributed by atoms with Gasteiger partial charge in [0.05, 0.1) is 10.9 Å². The van der Waals surface area contributed by atoms with Crippen LogP contribution in [-0.4, -0.2) is 37.5 Å². The Morgan fingerprint density at radius 1 is 1.30 bits per heavy atom. The summed E-state index contributed by atoms with van der Waals surface area (Å²) in [5.41, 5.74) is 0. The van der Waals surface area contributed by atoms with E-state index >= 15 is 0 Å². The fourth-order valence-corrected chi connectivity index (χ4v) is 2.84. The van der Waals surface area contributed by atoms with E-state index in [9.17, 15) is 9.59 Å². The SMILES string of the molecule is O=C(NCCCNC(=O)C1CCCCN1)c1cccs1. The molecule has 5 nitrogen and oxygen atoms in total. The molecule has 1 aromatic rings. The molecular formula is C14H21N3O2S. The topological polar surface area (TPSA) is 70.2 Å². The molecule has 1 aromatic heterocycles. The number of rotatable bonds is 6. The zero-order valence-electron chi connectivity index (χ0n) is 11.5. The smallest absolute Gasteiger partial charge is 0.261 e. The van der Waals surface area contributed by atoms with Gasteiger partial charge in [-0.2, -0.15) is 0 Å². The molecule has 6 heteroatoms. The Kier molecular flexibility index (Phi) is 6.01. The molecule has 2 heterocycles. The van der Waals surface area contributed by atoms with Crippen molar-refractivity contribution in [2.45, 2.75) is 31.7 Å². The van der Waals surface area contributed by atoms with Crippen LogP contribution in [0.1, 0.15) is 35.4 Å². The summed E-state index contributed by atoms with van der Waals surface area (Å²) in [6.07, 6.45) is 3.93. The van der Waals surface area contributed by atoms with Crippen LogP contribution in [0.2, 0.25) is 0 Å². The summed E-state index contributed by atoms with van der Waals surface area (Å²) in [6.45, 7) is 2.10. The fraction of sp³-hybridized carbons (Fsp3) is 0.571. The number of carbonyl (C=O) groups excluding carboxylic acids is 2. The predicted molar refractivity (Wildman–Crippen MR) is 79.9 cm³/mol. The Labute approximate surface area is 123 Å². The second-order valence-electron chi connectivity index (χ2n) is 4.88. The number of carbonyl (C=O) groups is 2. The second kappa shape index (κ2) is 8.01. The van der Waals surface area contributed by atoms with Crippen LogP contribution in [-0.2, 0) is 4.79 Å². The first kappa shape index (κ1) is 15.0. The lowest BCUT2D eigenvalue weighted by Gasteiger charge is -2.22. The Bertz CT molecular complexity index is 428. The lowest BCUT2D eigenvalue weighted by Crippen LogP contribution is -2.47. The Morgan fingerprint density at radius 2 is 2.15 bits per heavy atom. The zero-order valence-corrected chi connectivity index (χ0v) is 12.3. The van der Waals surface area contributed by atoms with Crippen LogP contribution in [0.15, 0.2) is 17.5 Å². The monoisotopic (exact) mass is 295 g/mol. The van der Waals surface area contributed by atoms with Gasteiger partial charge < -0.3 is 16.0 Å². The van der Waals surface area contributed by atoms with Crippen molar-refractivity contribution in [2.24, 2.45) is 0 Å². The van der Waals surface area contributed by atoms with E-state index in [1.165, 1.54) is 11.3 Å². The third-order valence-corrected chi connectivity index (χ3v) is 4.18. The van der Waals surface area contributed by atoms with Crippen molar-refractivity contribution >= 4 is 23.2 Å². The first-order valence-corrected chi connectivity index (χ1v) is 7.98. The van der Waals surface area contributed by atoms with Gasteiger partial charge >= 0.3 is 0 Å². The predicted octanol–water partition coefficient (Wildman–Crippen LogP) is 1.13. The Balaban J connectivity index is 1.55. The molecule has 20 heavy (non-hydrogen) atoms. The standard InChI is InChI=1S/C14H21N3O2S/c18-13(11-5-1-2-7-15-11)16-8-4-9-17-14(19)12-6-3-10-20-12/h3,6,10-11,15H,1-2,4-5,7-9H2,(H,16,18)(H,17,19). The maximum Gasteiger partial charge on any atom is 0.261 e. The Morgan fingerprint density at radius 3 is 2.85 bits per heavy atom. The highest BCUT2D eigenvalue weighted by Gasteiger charge is 2.19. The minimum Gasteiger partial charge on any atom is -0.355 e. The van der Waals surface area contributed by atoms with E-state index in [-0.39, 0.29) is 17.9 Å². The first-order chi connectivity index (χ1) is 9.77. The maximum absolute atomic E-state index is 11.8. The van der Waals surface area contributed by atoms with Gasteiger partial charge in [0.2, 0.25) is 5.91 Å². The maximum atomic E-state index is 11.8. The van der Waals surface area contributed by atoms with Gasteiger partial charge in [0.25, 0.3) is 5.91 Å². The van der Waals surface area contributed by atoms with E-state index in [1.54, 1.807) is 6.07 Å². The van der Waals surface area contributed by atoms with Crippen molar-refractivity contribution in [1.82, 2.24) is 16.0 Å². The lowest BCUT2D eigenvalue weighted by molar-refractivity contribution is -0.123. The zero-order chi connectivity index (χ0) is 14.2. The van der Waals surface area contributed by atoms with Gasteiger partial charge in [-0.25, -0.2) is 0 Å². The molecule has 2 rings (SSSR count). The molecule has 0 aliphatic carbocycles. The third-order valence-electron chi connectivity index (χ3n) is 3.31. The quantitative estimate of drug-likeness (QED) is 0.689. The normalized spacial score (nSPS) is 18.5. The highest BCUT2D eigenvalue weighted by Crippen LogP contribution is 2.08. The van der Waals surface area contributed by atoms with Crippen LogP contribution in [0.4, 0.5) is 0 Å². The average Bonchev–Trinajstić information content (AvgIpc) is 3.01. The summed E-state index contributed by atoms with van der Waals surface area (Å²) < 4.78 is 0. The van der Waals surface area contributed by atoms with Crippen LogP contribution in [0.3, 0.4) is 0 Å². The fourth-order valence-electron chi connectivity index (χ4n) is 2.20. The summed E-state index contributed by atoms with van der Waals surface area (Å²) in [5, 5.41) is 10.9. The van der Waals surface area contributed by atoms with Crippen LogP contribution >= 0.6 is 11.3 Å². The highest BCUT2D eigenvalue weighted by atomic mass is 32.1. The van der Waals surface area contributed by atoms with Crippen molar-refractivity contribution in [1.29, 1.82) is 0 Å². The van der Waals surface area contributed by atoms with Crippen molar-refractivity contribution < 1.29 is 9.59 Å². The summed E-state index contributed by atoms with van der Waals surface area (Å²) in [6, 6.07) is 3.62. The molecule has 110 valence electrons. The minimum absolute atomic E-state index is 0.0375. The first-order valence-electron chi connectivity index (χ1n) is 7.10. The third kappa shape index (κ3) is 4.61. The van der Waals surface area contributed by atoms with Gasteiger partial charge in [-0.05, 0) is 37.3 Å². The van der Waals surface area contributed by atoms with E-state index in [0.29, 0.717) is 13.1 Å². The summed E-state index contributed by atoms with van der Waals surface area (Å²) in [5.74, 6) is 0.0366. The molecule has 1 aliphatic heterocycles. The molecule has 0 radical (unpaired) electrons. The number of piperidine rings is 1. The number of amides is 2. The average molecular weight is 295 g/mol. The molecule has 2 amide bonds. The van der Waals surface area contributed by atoms with Crippen molar-refractivity contribution in [3.05, 3.63) is 22.4 Å². The highest BCUT2D eigenvalue weighted by molar-refractivity contribution is 7.12. The minimum atomic E-state index is -0.0414. The number of hydrogen-bond donors (Lipinski definition) is 3. The molecule has 1 fully saturated rings. The van der Waals surface area contributed by atoms with Crippen molar-refractivity contribution in [3.63, 3.8) is 0 Å². The molecule has 3 N–H and O–H groups in total. The number of thiophene rings is 1. The van der Waals surface area contributed by atoms with Gasteiger partial charge in [0.1, 0.15) is 0 Å². The van der Waals surface area contributed by atoms with Gasteiger partial charge in [0.15, 0.2) is 0 Å². The molecular weight excluding hydrogens is 274 g/mol. The van der Waals surface area contributed by atoms with Crippen molar-refractivity contribution in [3.8, 4) is 0 Å². The van der Waals surface area contributed by atoms with Crippen LogP contribution in [0.5, 0.6) is 0 Å². The van der Waals surface area contributed by atoms with Crippen molar-refractivity contribution in [2.75, 3.05) is 19.6 Å². The van der Waals surface area contributed by atoms with Gasteiger partial charge in [-0.15, -0.1) is 11.3 Å². The van der Waals surface area contributed by atoms with Gasteiger partial charge in [-0.3, -0.25) is 9.59 Å². The number of nitrogens with one attached hydrogen (secondary N) is 3. The largest absolute Gasteiger partial charge is 0.355 e. The molecule has 1 aliphatic rings. The molecule has 1 saturated heterocycles. The molecule has 0 bridgehead atoms. The van der Waals surface area contributed by atoms with Gasteiger partial charge in [0, 0.05) is 13.1 Å². The number of hydrogen-bond acceptors (Lipinski definition) is 4. The molecule has 0 spiro atoms. The van der Waals surface area contributed by atoms with E-state index in [0.717, 1.165) is 37.1 Å². The van der Waals surface area contributed by atoms with E-state index < -0.39 is 0 Å². The summed E-state index contributed by atoms with van der Waals surface area (Å²) in [4.78, 5) is 24.2. The second-order valence-corrected chi connectivity index (χ2v) is 5.83. The molecule has 1 unspecified atom stereocenters. The van der Waals surface area contributed by atoms with Gasteiger partial charge in [-0.1, -0.05) is 12.5 Å². The molecule has 0 saturated carbocycles.